The second-order valence-electron chi connectivity index (χ2n) is 11.5. The average Bonchev–Trinajstić information content (AvgIpc) is 3.15. The van der Waals surface area contributed by atoms with Gasteiger partial charge in [-0.25, -0.2) is 0 Å². The first kappa shape index (κ1) is 36.3. The van der Waals surface area contributed by atoms with Crippen molar-refractivity contribution in [1.29, 1.82) is 0 Å². The molecule has 9 nitrogen and oxygen atoms in total. The largest absolute Gasteiger partial charge is 0.496 e. The van der Waals surface area contributed by atoms with Gasteiger partial charge in [-0.05, 0) is 79.1 Å². The summed E-state index contributed by atoms with van der Waals surface area (Å²) in [6.45, 7) is 3.99. The van der Waals surface area contributed by atoms with Crippen molar-refractivity contribution in [3.8, 4) is 17.2 Å². The van der Waals surface area contributed by atoms with Crippen molar-refractivity contribution in [2.45, 2.75) is 24.0 Å². The molecule has 5 aromatic rings. The summed E-state index contributed by atoms with van der Waals surface area (Å²) >= 11 is 1.36. The highest BCUT2D eigenvalue weighted by Crippen LogP contribution is 2.38. The number of hydrogen-bond acceptors (Lipinski definition) is 7. The van der Waals surface area contributed by atoms with Crippen LogP contribution in [0.15, 0.2) is 126 Å². The first-order valence-electron chi connectivity index (χ1n) is 16.1. The molecule has 0 aliphatic carbocycles. The van der Waals surface area contributed by atoms with Crippen LogP contribution in [0, 0.1) is 13.8 Å². The molecule has 1 unspecified atom stereocenters. The Labute approximate surface area is 302 Å². The monoisotopic (exact) mass is 701 g/mol. The summed E-state index contributed by atoms with van der Waals surface area (Å²) in [5.74, 6) is 0.0323. The van der Waals surface area contributed by atoms with E-state index in [4.69, 9.17) is 14.2 Å². The molecular formula is C41H39N3O6S. The van der Waals surface area contributed by atoms with E-state index in [1.165, 1.54) is 39.2 Å². The zero-order chi connectivity index (χ0) is 36.3. The number of carbonyl (C=O) groups is 3. The van der Waals surface area contributed by atoms with Crippen molar-refractivity contribution >= 4 is 46.9 Å². The molecule has 260 valence electrons. The number of ether oxygens (including phenoxy) is 3. The van der Waals surface area contributed by atoms with Gasteiger partial charge in [-0.3, -0.25) is 14.4 Å². The molecule has 0 spiro atoms. The normalized spacial score (nSPS) is 11.6. The van der Waals surface area contributed by atoms with Crippen LogP contribution in [0.3, 0.4) is 0 Å². The van der Waals surface area contributed by atoms with Crippen LogP contribution in [0.25, 0.3) is 6.08 Å². The molecule has 0 heterocycles. The molecule has 0 aromatic heterocycles. The number of aryl methyl sites for hydroxylation is 1. The van der Waals surface area contributed by atoms with Gasteiger partial charge < -0.3 is 30.2 Å². The fourth-order valence-electron chi connectivity index (χ4n) is 5.23. The van der Waals surface area contributed by atoms with Gasteiger partial charge in [-0.15, -0.1) is 11.8 Å². The number of carbonyl (C=O) groups excluding carboxylic acids is 3. The van der Waals surface area contributed by atoms with Gasteiger partial charge in [-0.1, -0.05) is 66.7 Å². The highest BCUT2D eigenvalue weighted by molar-refractivity contribution is 8.00. The van der Waals surface area contributed by atoms with Crippen LogP contribution in [-0.2, 0) is 9.59 Å². The van der Waals surface area contributed by atoms with E-state index in [0.29, 0.717) is 34.1 Å². The molecule has 1 atom stereocenters. The minimum atomic E-state index is -0.588. The van der Waals surface area contributed by atoms with Gasteiger partial charge in [0.05, 0.1) is 21.3 Å². The maximum absolute atomic E-state index is 13.9. The molecule has 0 aliphatic rings. The van der Waals surface area contributed by atoms with Gasteiger partial charge in [-0.2, -0.15) is 0 Å². The fraction of sp³-hybridized carbons (Fsp3) is 0.146. The molecule has 5 aromatic carbocycles. The van der Waals surface area contributed by atoms with E-state index in [2.05, 4.69) is 16.0 Å². The molecule has 3 N–H and O–H groups in total. The molecule has 3 amide bonds. The van der Waals surface area contributed by atoms with Gasteiger partial charge in [0.1, 0.15) is 16.7 Å². The SMILES string of the molecule is COc1cc(OC)c(OC)cc1/C=C(/NC(=O)c1ccccc1)C(=O)Nc1cccc(SC(C(=O)Nc2cccc(C)c2C)c2ccccc2)c1. The Morgan fingerprint density at radius 1 is 0.686 bits per heavy atom. The summed E-state index contributed by atoms with van der Waals surface area (Å²) in [4.78, 5) is 41.7. The number of rotatable bonds is 13. The van der Waals surface area contributed by atoms with Gasteiger partial charge in [0.2, 0.25) is 5.91 Å². The van der Waals surface area contributed by atoms with E-state index in [9.17, 15) is 14.4 Å². The number of benzene rings is 5. The molecule has 5 rings (SSSR count). The van der Waals surface area contributed by atoms with Crippen LogP contribution in [0.1, 0.15) is 37.9 Å². The highest BCUT2D eigenvalue weighted by atomic mass is 32.2. The third-order valence-electron chi connectivity index (χ3n) is 8.11. The molecule has 0 bridgehead atoms. The summed E-state index contributed by atoms with van der Waals surface area (Å²) in [7, 11) is 4.51. The maximum atomic E-state index is 13.9. The van der Waals surface area contributed by atoms with E-state index >= 15 is 0 Å². The zero-order valence-electron chi connectivity index (χ0n) is 29.0. The fourth-order valence-corrected chi connectivity index (χ4v) is 6.31. The minimum Gasteiger partial charge on any atom is -0.496 e. The lowest BCUT2D eigenvalue weighted by Crippen LogP contribution is -2.30. The summed E-state index contributed by atoms with van der Waals surface area (Å²) < 4.78 is 16.5. The van der Waals surface area contributed by atoms with Gasteiger partial charge >= 0.3 is 0 Å². The zero-order valence-corrected chi connectivity index (χ0v) is 29.8. The van der Waals surface area contributed by atoms with Crippen LogP contribution >= 0.6 is 11.8 Å². The van der Waals surface area contributed by atoms with Crippen molar-refractivity contribution in [3.63, 3.8) is 0 Å². The predicted molar refractivity (Wildman–Crippen MR) is 203 cm³/mol. The Balaban J connectivity index is 1.44. The molecule has 0 saturated carbocycles. The standard InChI is InChI=1S/C41H39N3O6S/c1-26-14-12-21-33(27(26)2)43-41(47)38(28-15-8-6-9-16-28)51-32-20-13-19-31(24-32)42-40(46)34(44-39(45)29-17-10-7-11-18-29)22-30-23-36(49-4)37(50-5)25-35(30)48-3/h6-25,38H,1-5H3,(H,42,46)(H,43,47)(H,44,45)/b34-22+. The lowest BCUT2D eigenvalue weighted by Gasteiger charge is -2.19. The minimum absolute atomic E-state index is 0.0394. The number of thioether (sulfide) groups is 1. The van der Waals surface area contributed by atoms with E-state index in [0.717, 1.165) is 27.3 Å². The number of amides is 3. The third-order valence-corrected chi connectivity index (χ3v) is 9.36. The first-order chi connectivity index (χ1) is 24.7. The van der Waals surface area contributed by atoms with Crippen LogP contribution in [0.5, 0.6) is 17.2 Å². The summed E-state index contributed by atoms with van der Waals surface area (Å²) in [5.41, 5.74) is 4.94. The molecule has 0 radical (unpaired) electrons. The molecule has 51 heavy (non-hydrogen) atoms. The lowest BCUT2D eigenvalue weighted by atomic mass is 10.1. The van der Waals surface area contributed by atoms with Gasteiger partial charge in [0, 0.05) is 33.5 Å². The summed E-state index contributed by atoms with van der Waals surface area (Å²) in [5, 5.41) is 8.19. The topological polar surface area (TPSA) is 115 Å². The smallest absolute Gasteiger partial charge is 0.272 e. The average molecular weight is 702 g/mol. The van der Waals surface area contributed by atoms with Crippen molar-refractivity contribution in [2.24, 2.45) is 0 Å². The maximum Gasteiger partial charge on any atom is 0.272 e. The van der Waals surface area contributed by atoms with Gasteiger partial charge in [0.15, 0.2) is 11.5 Å². The quantitative estimate of drug-likeness (QED) is 0.0838. The lowest BCUT2D eigenvalue weighted by molar-refractivity contribution is -0.116. The summed E-state index contributed by atoms with van der Waals surface area (Å²) in [6, 6.07) is 34.4. The Hall–Kier alpha value is -6.00. The second kappa shape index (κ2) is 17.1. The van der Waals surface area contributed by atoms with Crippen LogP contribution in [0.4, 0.5) is 11.4 Å². The molecule has 0 fully saturated rings. The van der Waals surface area contributed by atoms with Crippen LogP contribution in [-0.4, -0.2) is 39.1 Å². The summed E-state index contributed by atoms with van der Waals surface area (Å²) in [6.07, 6.45) is 1.51. The molecule has 0 aliphatic heterocycles. The molecule has 0 saturated heterocycles. The van der Waals surface area contributed by atoms with E-state index in [1.54, 1.807) is 60.7 Å². The second-order valence-corrected chi connectivity index (χ2v) is 12.6. The number of anilines is 2. The Morgan fingerprint density at radius 3 is 2.02 bits per heavy atom. The van der Waals surface area contributed by atoms with Gasteiger partial charge in [0.25, 0.3) is 11.8 Å². The predicted octanol–water partition coefficient (Wildman–Crippen LogP) is 8.21. The molecular weight excluding hydrogens is 663 g/mol. The van der Waals surface area contributed by atoms with E-state index in [-0.39, 0.29) is 11.6 Å². The van der Waals surface area contributed by atoms with Crippen LogP contribution in [0.2, 0.25) is 0 Å². The third kappa shape index (κ3) is 9.17. The van der Waals surface area contributed by atoms with Crippen molar-refractivity contribution in [1.82, 2.24) is 5.32 Å². The Bertz CT molecular complexity index is 2050. The first-order valence-corrected chi connectivity index (χ1v) is 17.0. The van der Waals surface area contributed by atoms with Crippen molar-refractivity contribution < 1.29 is 28.6 Å². The van der Waals surface area contributed by atoms with E-state index in [1.807, 2.05) is 68.4 Å². The number of methoxy groups -OCH3 is 3. The molecule has 10 heteroatoms. The van der Waals surface area contributed by atoms with Crippen LogP contribution < -0.4 is 30.2 Å². The number of nitrogens with one attached hydrogen (secondary N) is 3. The number of hydrogen-bond donors (Lipinski definition) is 3. The highest BCUT2D eigenvalue weighted by Gasteiger charge is 2.24. The van der Waals surface area contributed by atoms with E-state index < -0.39 is 17.1 Å². The Morgan fingerprint density at radius 2 is 1.33 bits per heavy atom. The Kier molecular flexibility index (Phi) is 12.2. The van der Waals surface area contributed by atoms with Crippen molar-refractivity contribution in [2.75, 3.05) is 32.0 Å². The van der Waals surface area contributed by atoms with Crippen molar-refractivity contribution in [3.05, 3.63) is 149 Å².